The number of thiazole rings is 1. The Morgan fingerprint density at radius 2 is 2.54 bits per heavy atom. The maximum Gasteiger partial charge on any atom is 0.108 e. The number of rotatable bonds is 3. The van der Waals surface area contributed by atoms with Crippen LogP contribution in [0.25, 0.3) is 11.3 Å². The summed E-state index contributed by atoms with van der Waals surface area (Å²) >= 11 is 1.60. The minimum absolute atomic E-state index is 0.620. The molecule has 0 atom stereocenters. The van der Waals surface area contributed by atoms with Crippen LogP contribution in [0.5, 0.6) is 0 Å². The summed E-state index contributed by atoms with van der Waals surface area (Å²) < 4.78 is 0. The molecule has 2 aromatic rings. The zero-order valence-electron chi connectivity index (χ0n) is 6.95. The lowest BCUT2D eigenvalue weighted by atomic mass is 10.3. The summed E-state index contributed by atoms with van der Waals surface area (Å²) in [7, 11) is 0. The average molecular weight is 194 g/mol. The van der Waals surface area contributed by atoms with Gasteiger partial charge in [0.05, 0.1) is 12.2 Å². The second kappa shape index (κ2) is 3.69. The quantitative estimate of drug-likeness (QED) is 0.506. The first-order valence-corrected chi connectivity index (χ1v) is 4.79. The van der Waals surface area contributed by atoms with Crippen LogP contribution in [-0.4, -0.2) is 9.97 Å². The highest BCUT2D eigenvalue weighted by atomic mass is 32.1. The van der Waals surface area contributed by atoms with Gasteiger partial charge < -0.3 is 4.98 Å². The van der Waals surface area contributed by atoms with Crippen molar-refractivity contribution in [1.29, 1.82) is 0 Å². The number of nitrogens with two attached hydrogens (primary N) is 1. The van der Waals surface area contributed by atoms with Gasteiger partial charge in [0.2, 0.25) is 0 Å². The number of aromatic amines is 1. The molecule has 13 heavy (non-hydrogen) atoms. The van der Waals surface area contributed by atoms with Crippen molar-refractivity contribution in [3.8, 4) is 11.3 Å². The molecule has 0 saturated heterocycles. The molecule has 2 aromatic heterocycles. The Balaban J connectivity index is 2.23. The van der Waals surface area contributed by atoms with Gasteiger partial charge >= 0.3 is 0 Å². The predicted molar refractivity (Wildman–Crippen MR) is 52.9 cm³/mol. The molecule has 0 fully saturated rings. The third-order valence-corrected chi connectivity index (χ3v) is 2.55. The number of hydrazine groups is 1. The first-order valence-electron chi connectivity index (χ1n) is 3.91. The van der Waals surface area contributed by atoms with Crippen molar-refractivity contribution in [2.24, 2.45) is 5.84 Å². The summed E-state index contributed by atoms with van der Waals surface area (Å²) in [4.78, 5) is 7.39. The Morgan fingerprint density at radius 1 is 1.62 bits per heavy atom. The van der Waals surface area contributed by atoms with Crippen LogP contribution in [0.3, 0.4) is 0 Å². The van der Waals surface area contributed by atoms with Crippen LogP contribution in [0.15, 0.2) is 23.8 Å². The van der Waals surface area contributed by atoms with Crippen LogP contribution in [0.1, 0.15) is 5.01 Å². The highest BCUT2D eigenvalue weighted by molar-refractivity contribution is 7.09. The third-order valence-electron chi connectivity index (χ3n) is 1.70. The Morgan fingerprint density at radius 3 is 3.23 bits per heavy atom. The normalized spacial score (nSPS) is 10.5. The number of nitrogens with zero attached hydrogens (tertiary/aromatic N) is 1. The van der Waals surface area contributed by atoms with Crippen LogP contribution in [-0.2, 0) is 6.54 Å². The fourth-order valence-corrected chi connectivity index (χ4v) is 1.85. The molecule has 0 amide bonds. The van der Waals surface area contributed by atoms with E-state index in [9.17, 15) is 0 Å². The second-order valence-corrected chi connectivity index (χ2v) is 3.55. The van der Waals surface area contributed by atoms with Gasteiger partial charge in [-0.3, -0.25) is 11.3 Å². The van der Waals surface area contributed by atoms with E-state index in [2.05, 4.69) is 15.4 Å². The molecule has 2 rings (SSSR count). The van der Waals surface area contributed by atoms with E-state index < -0.39 is 0 Å². The zero-order valence-corrected chi connectivity index (χ0v) is 7.77. The van der Waals surface area contributed by atoms with Crippen molar-refractivity contribution in [1.82, 2.24) is 15.4 Å². The second-order valence-electron chi connectivity index (χ2n) is 2.61. The molecule has 0 aliphatic heterocycles. The van der Waals surface area contributed by atoms with E-state index in [1.54, 1.807) is 11.3 Å². The zero-order chi connectivity index (χ0) is 9.10. The fraction of sp³-hybridized carbons (Fsp3) is 0.125. The van der Waals surface area contributed by atoms with Crippen LogP contribution in [0.4, 0.5) is 0 Å². The lowest BCUT2D eigenvalue weighted by Crippen LogP contribution is -2.20. The molecule has 0 radical (unpaired) electrons. The van der Waals surface area contributed by atoms with Gasteiger partial charge in [-0.25, -0.2) is 4.98 Å². The van der Waals surface area contributed by atoms with Crippen LogP contribution < -0.4 is 11.3 Å². The molecule has 4 nitrogen and oxygen atoms in total. The molecular formula is C8H10N4S. The Labute approximate surface area is 79.8 Å². The standard InChI is InChI=1S/C8H10N4S/c9-11-4-8-12-7(5-13-8)6-1-2-10-3-6/h1-3,5,10-11H,4,9H2. The first kappa shape index (κ1) is 8.43. The van der Waals surface area contributed by atoms with Crippen molar-refractivity contribution in [2.75, 3.05) is 0 Å². The number of hydrogen-bond acceptors (Lipinski definition) is 4. The van der Waals surface area contributed by atoms with Gasteiger partial charge in [0.15, 0.2) is 0 Å². The van der Waals surface area contributed by atoms with E-state index in [0.717, 1.165) is 16.3 Å². The van der Waals surface area contributed by atoms with Gasteiger partial charge in [-0.2, -0.15) is 0 Å². The van der Waals surface area contributed by atoms with Crippen molar-refractivity contribution >= 4 is 11.3 Å². The molecule has 0 aromatic carbocycles. The number of aromatic nitrogens is 2. The minimum Gasteiger partial charge on any atom is -0.367 e. The summed E-state index contributed by atoms with van der Waals surface area (Å²) in [6, 6.07) is 1.99. The molecule has 4 N–H and O–H groups in total. The van der Waals surface area contributed by atoms with Crippen LogP contribution in [0.2, 0.25) is 0 Å². The van der Waals surface area contributed by atoms with Gasteiger partial charge in [-0.15, -0.1) is 11.3 Å². The molecular weight excluding hydrogens is 184 g/mol. The van der Waals surface area contributed by atoms with Gasteiger partial charge in [0.1, 0.15) is 5.01 Å². The third kappa shape index (κ3) is 1.77. The van der Waals surface area contributed by atoms with Crippen LogP contribution in [0, 0.1) is 0 Å². The van der Waals surface area contributed by atoms with E-state index in [4.69, 9.17) is 5.84 Å². The predicted octanol–water partition coefficient (Wildman–Crippen LogP) is 1.10. The molecule has 0 aliphatic carbocycles. The fourth-order valence-electron chi connectivity index (χ4n) is 1.10. The van der Waals surface area contributed by atoms with E-state index >= 15 is 0 Å². The van der Waals surface area contributed by atoms with Gasteiger partial charge in [0, 0.05) is 23.3 Å². The molecule has 0 aliphatic rings. The van der Waals surface area contributed by atoms with Gasteiger partial charge in [0.25, 0.3) is 0 Å². The van der Waals surface area contributed by atoms with Crippen molar-refractivity contribution in [3.63, 3.8) is 0 Å². The summed E-state index contributed by atoms with van der Waals surface area (Å²) in [6.45, 7) is 0.620. The maximum absolute atomic E-state index is 5.20. The van der Waals surface area contributed by atoms with Crippen molar-refractivity contribution in [2.45, 2.75) is 6.54 Å². The van der Waals surface area contributed by atoms with Gasteiger partial charge in [-0.05, 0) is 6.07 Å². The highest BCUT2D eigenvalue weighted by Crippen LogP contribution is 2.20. The minimum atomic E-state index is 0.620. The molecule has 68 valence electrons. The summed E-state index contributed by atoms with van der Waals surface area (Å²) in [5.74, 6) is 5.20. The van der Waals surface area contributed by atoms with Crippen molar-refractivity contribution < 1.29 is 0 Å². The van der Waals surface area contributed by atoms with E-state index in [0.29, 0.717) is 6.54 Å². The monoisotopic (exact) mass is 194 g/mol. The summed E-state index contributed by atoms with van der Waals surface area (Å²) in [5.41, 5.74) is 4.69. The number of nitrogens with one attached hydrogen (secondary N) is 2. The molecule has 0 spiro atoms. The van der Waals surface area contributed by atoms with Gasteiger partial charge in [-0.1, -0.05) is 0 Å². The van der Waals surface area contributed by atoms with Crippen LogP contribution >= 0.6 is 11.3 Å². The largest absolute Gasteiger partial charge is 0.367 e. The number of hydrogen-bond donors (Lipinski definition) is 3. The molecule has 0 saturated carbocycles. The Bertz CT molecular complexity index is 365. The maximum atomic E-state index is 5.20. The number of H-pyrrole nitrogens is 1. The van der Waals surface area contributed by atoms with Crippen molar-refractivity contribution in [3.05, 3.63) is 28.8 Å². The lowest BCUT2D eigenvalue weighted by Gasteiger charge is -1.91. The van der Waals surface area contributed by atoms with E-state index in [1.165, 1.54) is 0 Å². The van der Waals surface area contributed by atoms with E-state index in [-0.39, 0.29) is 0 Å². The lowest BCUT2D eigenvalue weighted by molar-refractivity contribution is 0.737. The highest BCUT2D eigenvalue weighted by Gasteiger charge is 2.03. The average Bonchev–Trinajstić information content (AvgIpc) is 2.70. The molecule has 5 heteroatoms. The molecule has 0 bridgehead atoms. The molecule has 0 unspecified atom stereocenters. The Hall–Kier alpha value is -1.17. The Kier molecular flexibility index (Phi) is 2.40. The van der Waals surface area contributed by atoms with E-state index in [1.807, 2.05) is 23.8 Å². The summed E-state index contributed by atoms with van der Waals surface area (Å²) in [6.07, 6.45) is 3.81. The first-order chi connectivity index (χ1) is 6.40. The smallest absolute Gasteiger partial charge is 0.108 e. The molecule has 2 heterocycles. The topological polar surface area (TPSA) is 66.7 Å². The summed E-state index contributed by atoms with van der Waals surface area (Å²) in [5, 5.41) is 3.02. The SMILES string of the molecule is NNCc1nc(-c2cc[nH]c2)cs1.